The van der Waals surface area contributed by atoms with E-state index in [1.807, 2.05) is 11.8 Å². The Kier molecular flexibility index (Phi) is 4.18. The quantitative estimate of drug-likeness (QED) is 0.836. The molecule has 4 atom stereocenters. The van der Waals surface area contributed by atoms with E-state index in [0.29, 0.717) is 11.2 Å². The lowest BCUT2D eigenvalue weighted by Gasteiger charge is -2.41. The highest BCUT2D eigenvalue weighted by Crippen LogP contribution is 2.40. The fourth-order valence-corrected chi connectivity index (χ4v) is 4.99. The lowest BCUT2D eigenvalue weighted by molar-refractivity contribution is -0.116. The zero-order valence-electron chi connectivity index (χ0n) is 11.0. The third-order valence-corrected chi connectivity index (χ3v) is 6.14. The number of aliphatic hydroxyl groups excluding tert-OH is 1. The van der Waals surface area contributed by atoms with Gasteiger partial charge in [0.05, 0.1) is 18.3 Å². The molecule has 3 fully saturated rings. The second-order valence-electron chi connectivity index (χ2n) is 5.98. The highest BCUT2D eigenvalue weighted by Gasteiger charge is 2.44. The SMILES string of the molecule is OC(C1CCOC2(CCOC2)C1)C1CCCCS1. The van der Waals surface area contributed by atoms with E-state index >= 15 is 0 Å². The van der Waals surface area contributed by atoms with E-state index in [-0.39, 0.29) is 11.7 Å². The first kappa shape index (κ1) is 13.2. The highest BCUT2D eigenvalue weighted by molar-refractivity contribution is 8.00. The zero-order chi connectivity index (χ0) is 12.4. The van der Waals surface area contributed by atoms with Gasteiger partial charge in [0.25, 0.3) is 0 Å². The van der Waals surface area contributed by atoms with Crippen molar-refractivity contribution in [2.45, 2.75) is 55.5 Å². The molecule has 4 unspecified atom stereocenters. The second kappa shape index (κ2) is 5.70. The van der Waals surface area contributed by atoms with Crippen LogP contribution in [0.3, 0.4) is 0 Å². The fourth-order valence-electron chi connectivity index (χ4n) is 3.56. The number of hydrogen-bond donors (Lipinski definition) is 1. The molecule has 18 heavy (non-hydrogen) atoms. The van der Waals surface area contributed by atoms with Gasteiger partial charge in [0, 0.05) is 24.9 Å². The van der Waals surface area contributed by atoms with Crippen LogP contribution in [0.4, 0.5) is 0 Å². The number of aliphatic hydroxyl groups is 1. The maximum atomic E-state index is 10.6. The van der Waals surface area contributed by atoms with Crippen LogP contribution >= 0.6 is 11.8 Å². The molecular formula is C14H24O3S. The van der Waals surface area contributed by atoms with Crippen molar-refractivity contribution < 1.29 is 14.6 Å². The molecule has 3 aliphatic heterocycles. The molecule has 0 bridgehead atoms. The van der Waals surface area contributed by atoms with Crippen LogP contribution in [0.5, 0.6) is 0 Å². The van der Waals surface area contributed by atoms with E-state index in [4.69, 9.17) is 9.47 Å². The van der Waals surface area contributed by atoms with Crippen LogP contribution in [-0.4, -0.2) is 47.6 Å². The Labute approximate surface area is 114 Å². The van der Waals surface area contributed by atoms with Crippen LogP contribution in [-0.2, 0) is 9.47 Å². The maximum Gasteiger partial charge on any atom is 0.0940 e. The minimum absolute atomic E-state index is 0.0662. The number of hydrogen-bond acceptors (Lipinski definition) is 4. The first-order valence-electron chi connectivity index (χ1n) is 7.30. The Hall–Kier alpha value is 0.230. The summed E-state index contributed by atoms with van der Waals surface area (Å²) in [4.78, 5) is 0. The third kappa shape index (κ3) is 2.72. The number of rotatable bonds is 2. The molecule has 3 nitrogen and oxygen atoms in total. The summed E-state index contributed by atoms with van der Waals surface area (Å²) in [5.74, 6) is 1.63. The molecule has 0 aromatic heterocycles. The highest BCUT2D eigenvalue weighted by atomic mass is 32.2. The Morgan fingerprint density at radius 3 is 2.89 bits per heavy atom. The molecule has 4 heteroatoms. The van der Waals surface area contributed by atoms with Crippen LogP contribution in [0.15, 0.2) is 0 Å². The van der Waals surface area contributed by atoms with Crippen LogP contribution in [0.2, 0.25) is 0 Å². The van der Waals surface area contributed by atoms with Gasteiger partial charge in [0.1, 0.15) is 0 Å². The molecule has 3 aliphatic rings. The Balaban J connectivity index is 1.60. The molecule has 0 saturated carbocycles. The normalized spacial score (nSPS) is 43.2. The van der Waals surface area contributed by atoms with Gasteiger partial charge in [-0.3, -0.25) is 0 Å². The smallest absolute Gasteiger partial charge is 0.0940 e. The van der Waals surface area contributed by atoms with E-state index in [2.05, 4.69) is 0 Å². The van der Waals surface area contributed by atoms with Crippen LogP contribution in [0.1, 0.15) is 38.5 Å². The van der Waals surface area contributed by atoms with Crippen molar-refractivity contribution in [3.63, 3.8) is 0 Å². The van der Waals surface area contributed by atoms with Crippen molar-refractivity contribution in [2.75, 3.05) is 25.6 Å². The molecule has 3 rings (SSSR count). The molecule has 0 aromatic rings. The lowest BCUT2D eigenvalue weighted by Crippen LogP contribution is -2.46. The molecule has 0 aliphatic carbocycles. The number of ether oxygens (including phenoxy) is 2. The van der Waals surface area contributed by atoms with Crippen LogP contribution < -0.4 is 0 Å². The summed E-state index contributed by atoms with van der Waals surface area (Å²) < 4.78 is 11.5. The molecule has 0 amide bonds. The molecule has 0 aromatic carbocycles. The van der Waals surface area contributed by atoms with Gasteiger partial charge < -0.3 is 14.6 Å². The number of thioether (sulfide) groups is 1. The Morgan fingerprint density at radius 1 is 1.22 bits per heavy atom. The largest absolute Gasteiger partial charge is 0.392 e. The standard InChI is InChI=1S/C14H24O3S/c15-13(12-3-1-2-8-18-12)11-4-6-17-14(9-11)5-7-16-10-14/h11-13,15H,1-10H2. The third-order valence-electron chi connectivity index (χ3n) is 4.68. The molecule has 0 radical (unpaired) electrons. The van der Waals surface area contributed by atoms with Gasteiger partial charge in [-0.25, -0.2) is 0 Å². The topological polar surface area (TPSA) is 38.7 Å². The summed E-state index contributed by atoms with van der Waals surface area (Å²) >= 11 is 1.97. The monoisotopic (exact) mass is 272 g/mol. The summed E-state index contributed by atoms with van der Waals surface area (Å²) in [7, 11) is 0. The van der Waals surface area contributed by atoms with Gasteiger partial charge in [0.15, 0.2) is 0 Å². The average Bonchev–Trinajstić information content (AvgIpc) is 2.87. The van der Waals surface area contributed by atoms with Crippen molar-refractivity contribution >= 4 is 11.8 Å². The van der Waals surface area contributed by atoms with Crippen molar-refractivity contribution in [2.24, 2.45) is 5.92 Å². The van der Waals surface area contributed by atoms with Gasteiger partial charge in [-0.15, -0.1) is 0 Å². The van der Waals surface area contributed by atoms with Crippen molar-refractivity contribution in [3.8, 4) is 0 Å². The predicted octanol–water partition coefficient (Wildman–Crippen LogP) is 2.22. The van der Waals surface area contributed by atoms with Crippen molar-refractivity contribution in [1.82, 2.24) is 0 Å². The molecule has 3 heterocycles. The van der Waals surface area contributed by atoms with E-state index in [1.165, 1.54) is 25.0 Å². The van der Waals surface area contributed by atoms with Gasteiger partial charge in [-0.1, -0.05) is 6.42 Å². The van der Waals surface area contributed by atoms with E-state index in [0.717, 1.165) is 39.1 Å². The summed E-state index contributed by atoms with van der Waals surface area (Å²) in [5.41, 5.74) is -0.0662. The molecule has 104 valence electrons. The predicted molar refractivity (Wildman–Crippen MR) is 72.9 cm³/mol. The molecule has 1 N–H and O–H groups in total. The Bertz CT molecular complexity index is 272. The first-order valence-corrected chi connectivity index (χ1v) is 8.35. The van der Waals surface area contributed by atoms with E-state index in [9.17, 15) is 5.11 Å². The van der Waals surface area contributed by atoms with Crippen molar-refractivity contribution in [3.05, 3.63) is 0 Å². The summed E-state index contributed by atoms with van der Waals surface area (Å²) in [6.45, 7) is 2.34. The maximum absolute atomic E-state index is 10.6. The molecular weight excluding hydrogens is 248 g/mol. The molecule has 3 saturated heterocycles. The van der Waals surface area contributed by atoms with E-state index in [1.54, 1.807) is 0 Å². The van der Waals surface area contributed by atoms with Crippen LogP contribution in [0, 0.1) is 5.92 Å². The zero-order valence-corrected chi connectivity index (χ0v) is 11.8. The van der Waals surface area contributed by atoms with E-state index < -0.39 is 0 Å². The fraction of sp³-hybridized carbons (Fsp3) is 1.00. The minimum Gasteiger partial charge on any atom is -0.392 e. The summed E-state index contributed by atoms with van der Waals surface area (Å²) in [5, 5.41) is 11.1. The summed E-state index contributed by atoms with van der Waals surface area (Å²) in [6.07, 6.45) is 6.66. The summed E-state index contributed by atoms with van der Waals surface area (Å²) in [6, 6.07) is 0. The molecule has 1 spiro atoms. The lowest BCUT2D eigenvalue weighted by atomic mass is 9.80. The van der Waals surface area contributed by atoms with Gasteiger partial charge in [-0.2, -0.15) is 11.8 Å². The first-order chi connectivity index (χ1) is 8.79. The van der Waals surface area contributed by atoms with Gasteiger partial charge >= 0.3 is 0 Å². The van der Waals surface area contributed by atoms with Gasteiger partial charge in [0.2, 0.25) is 0 Å². The van der Waals surface area contributed by atoms with Crippen LogP contribution in [0.25, 0.3) is 0 Å². The minimum atomic E-state index is -0.142. The Morgan fingerprint density at radius 2 is 2.17 bits per heavy atom. The van der Waals surface area contributed by atoms with Gasteiger partial charge in [-0.05, 0) is 37.4 Å². The van der Waals surface area contributed by atoms with Crippen molar-refractivity contribution in [1.29, 1.82) is 0 Å². The average molecular weight is 272 g/mol. The second-order valence-corrected chi connectivity index (χ2v) is 7.33.